The van der Waals surface area contributed by atoms with Gasteiger partial charge in [0.15, 0.2) is 0 Å². The second kappa shape index (κ2) is 9.47. The highest BCUT2D eigenvalue weighted by atomic mass is 16.2. The Hall–Kier alpha value is -2.93. The molecule has 164 valence electrons. The number of likely N-dealkylation sites (tertiary alicyclic amines) is 1. The van der Waals surface area contributed by atoms with Crippen molar-refractivity contribution in [3.63, 3.8) is 0 Å². The van der Waals surface area contributed by atoms with Crippen molar-refractivity contribution in [1.29, 1.82) is 0 Å². The van der Waals surface area contributed by atoms with E-state index in [0.717, 1.165) is 31.5 Å². The van der Waals surface area contributed by atoms with Gasteiger partial charge in [0.25, 0.3) is 11.5 Å². The third kappa shape index (κ3) is 4.71. The first-order valence-electron chi connectivity index (χ1n) is 11.2. The molecule has 0 aliphatic carbocycles. The molecule has 2 aromatic rings. The number of benzene rings is 1. The van der Waals surface area contributed by atoms with Crippen LogP contribution >= 0.6 is 0 Å². The number of nitrogens with zero attached hydrogens (tertiary/aromatic N) is 3. The monoisotopic (exact) mass is 422 g/mol. The third-order valence-electron chi connectivity index (χ3n) is 6.40. The Morgan fingerprint density at radius 2 is 1.52 bits per heavy atom. The number of hydrogen-bond donors (Lipinski definition) is 1. The topological polar surface area (TPSA) is 76.7 Å². The Morgan fingerprint density at radius 1 is 0.839 bits per heavy atom. The molecule has 0 saturated carbocycles. The second-order valence-electron chi connectivity index (χ2n) is 8.37. The average Bonchev–Trinajstić information content (AvgIpc) is 2.84. The summed E-state index contributed by atoms with van der Waals surface area (Å²) >= 11 is 0. The predicted octanol–water partition coefficient (Wildman–Crippen LogP) is 2.20. The summed E-state index contributed by atoms with van der Waals surface area (Å²) in [6.45, 7) is 5.94. The normalized spacial score (nSPS) is 18.6. The van der Waals surface area contributed by atoms with Crippen molar-refractivity contribution in [1.82, 2.24) is 19.7 Å². The summed E-state index contributed by atoms with van der Waals surface area (Å²) in [5.41, 5.74) is 1.38. The number of piperidine rings is 1. The largest absolute Gasteiger partial charge is 0.341 e. The molecule has 7 heteroatoms. The van der Waals surface area contributed by atoms with Crippen LogP contribution in [0.25, 0.3) is 11.3 Å². The molecule has 1 aromatic heterocycles. The zero-order valence-electron chi connectivity index (χ0n) is 18.0. The Morgan fingerprint density at radius 3 is 2.16 bits per heavy atom. The van der Waals surface area contributed by atoms with Gasteiger partial charge >= 0.3 is 0 Å². The second-order valence-corrected chi connectivity index (χ2v) is 8.37. The summed E-state index contributed by atoms with van der Waals surface area (Å²) in [5, 5.41) is 0. The maximum absolute atomic E-state index is 12.9. The van der Waals surface area contributed by atoms with Crippen LogP contribution in [0.1, 0.15) is 36.5 Å². The van der Waals surface area contributed by atoms with Gasteiger partial charge in [-0.25, -0.2) is 0 Å². The molecule has 1 unspecified atom stereocenters. The molecular weight excluding hydrogens is 392 g/mol. The maximum atomic E-state index is 12.9. The van der Waals surface area contributed by atoms with E-state index in [9.17, 15) is 14.4 Å². The highest BCUT2D eigenvalue weighted by Gasteiger charge is 2.31. The standard InChI is InChI=1S/C24H30N4O3/c1-18(23(30)27-12-6-3-7-13-27)26-14-16-28(17-15-26)24(31)20-10-11-21(25-22(20)29)19-8-4-2-5-9-19/h2,4-5,8-11,18H,3,6-7,12-17H2,1H3,(H,25,29). The van der Waals surface area contributed by atoms with E-state index in [2.05, 4.69) is 9.88 Å². The summed E-state index contributed by atoms with van der Waals surface area (Å²) in [4.78, 5) is 46.9. The van der Waals surface area contributed by atoms with Gasteiger partial charge in [-0.1, -0.05) is 30.3 Å². The highest BCUT2D eigenvalue weighted by molar-refractivity contribution is 5.94. The minimum absolute atomic E-state index is 0.158. The van der Waals surface area contributed by atoms with Gasteiger partial charge in [0, 0.05) is 45.0 Å². The zero-order chi connectivity index (χ0) is 21.8. The van der Waals surface area contributed by atoms with Crippen molar-refractivity contribution in [3.8, 4) is 11.3 Å². The molecule has 1 aromatic carbocycles. The van der Waals surface area contributed by atoms with Crippen molar-refractivity contribution >= 4 is 11.8 Å². The van der Waals surface area contributed by atoms with Crippen LogP contribution in [0.15, 0.2) is 47.3 Å². The SMILES string of the molecule is CC(C(=O)N1CCCCC1)N1CCN(C(=O)c2ccc(-c3ccccc3)[nH]c2=O)CC1. The lowest BCUT2D eigenvalue weighted by Gasteiger charge is -2.39. The van der Waals surface area contributed by atoms with Crippen molar-refractivity contribution in [3.05, 3.63) is 58.4 Å². The number of rotatable bonds is 4. The van der Waals surface area contributed by atoms with Crippen LogP contribution in [0.3, 0.4) is 0 Å². The fraction of sp³-hybridized carbons (Fsp3) is 0.458. The molecule has 0 radical (unpaired) electrons. The average molecular weight is 423 g/mol. The number of carbonyl (C=O) groups is 2. The van der Waals surface area contributed by atoms with Crippen molar-refractivity contribution < 1.29 is 9.59 Å². The van der Waals surface area contributed by atoms with Gasteiger partial charge in [0.05, 0.1) is 6.04 Å². The molecule has 4 rings (SSSR count). The summed E-state index contributed by atoms with van der Waals surface area (Å²) in [7, 11) is 0. The summed E-state index contributed by atoms with van der Waals surface area (Å²) in [6, 6.07) is 12.8. The Bertz CT molecular complexity index is 974. The Labute approximate surface area is 182 Å². The predicted molar refractivity (Wildman–Crippen MR) is 120 cm³/mol. The first-order chi connectivity index (χ1) is 15.0. The Kier molecular flexibility index (Phi) is 6.51. The lowest BCUT2D eigenvalue weighted by molar-refractivity contribution is -0.137. The number of carbonyl (C=O) groups excluding carboxylic acids is 2. The third-order valence-corrected chi connectivity index (χ3v) is 6.40. The number of H-pyrrole nitrogens is 1. The summed E-state index contributed by atoms with van der Waals surface area (Å²) in [5.74, 6) is -0.0667. The molecule has 2 fully saturated rings. The van der Waals surface area contributed by atoms with E-state index in [1.165, 1.54) is 6.42 Å². The number of nitrogens with one attached hydrogen (secondary N) is 1. The first-order valence-corrected chi connectivity index (χ1v) is 11.2. The van der Waals surface area contributed by atoms with Crippen molar-refractivity contribution in [2.75, 3.05) is 39.3 Å². The van der Waals surface area contributed by atoms with Gasteiger partial charge in [-0.05, 0) is 43.9 Å². The van der Waals surface area contributed by atoms with Crippen molar-refractivity contribution in [2.45, 2.75) is 32.2 Å². The van der Waals surface area contributed by atoms with Crippen LogP contribution in [0.2, 0.25) is 0 Å². The lowest BCUT2D eigenvalue weighted by atomic mass is 10.1. The fourth-order valence-corrected chi connectivity index (χ4v) is 4.45. The Balaban J connectivity index is 1.37. The van der Waals surface area contributed by atoms with Crippen LogP contribution in [-0.2, 0) is 4.79 Å². The molecule has 1 N–H and O–H groups in total. The summed E-state index contributed by atoms with van der Waals surface area (Å²) < 4.78 is 0. The fourth-order valence-electron chi connectivity index (χ4n) is 4.45. The van der Waals surface area contributed by atoms with Crippen LogP contribution in [0, 0.1) is 0 Å². The number of aromatic nitrogens is 1. The molecular formula is C24H30N4O3. The van der Waals surface area contributed by atoms with Gasteiger partial charge in [0.2, 0.25) is 5.91 Å². The van der Waals surface area contributed by atoms with Gasteiger partial charge in [0.1, 0.15) is 5.56 Å². The van der Waals surface area contributed by atoms with Crippen LogP contribution in [-0.4, -0.2) is 76.8 Å². The molecule has 0 bridgehead atoms. The van der Waals surface area contributed by atoms with Gasteiger partial charge < -0.3 is 14.8 Å². The van der Waals surface area contributed by atoms with Gasteiger partial charge in [-0.2, -0.15) is 0 Å². The summed E-state index contributed by atoms with van der Waals surface area (Å²) in [6.07, 6.45) is 3.36. The van der Waals surface area contributed by atoms with E-state index in [0.29, 0.717) is 31.9 Å². The lowest BCUT2D eigenvalue weighted by Crippen LogP contribution is -2.56. The number of hydrogen-bond acceptors (Lipinski definition) is 4. The van der Waals surface area contributed by atoms with Crippen LogP contribution < -0.4 is 5.56 Å². The minimum atomic E-state index is -0.373. The number of aromatic amines is 1. The first kappa shape index (κ1) is 21.3. The van der Waals surface area contributed by atoms with Crippen LogP contribution in [0.5, 0.6) is 0 Å². The quantitative estimate of drug-likeness (QED) is 0.820. The molecule has 31 heavy (non-hydrogen) atoms. The molecule has 2 saturated heterocycles. The van der Waals surface area contributed by atoms with Crippen LogP contribution in [0.4, 0.5) is 0 Å². The minimum Gasteiger partial charge on any atom is -0.341 e. The smallest absolute Gasteiger partial charge is 0.261 e. The molecule has 3 heterocycles. The van der Waals surface area contributed by atoms with Crippen molar-refractivity contribution in [2.24, 2.45) is 0 Å². The number of piperazine rings is 1. The number of pyridine rings is 1. The van der Waals surface area contributed by atoms with E-state index < -0.39 is 0 Å². The van der Waals surface area contributed by atoms with Gasteiger partial charge in [-0.3, -0.25) is 19.3 Å². The van der Waals surface area contributed by atoms with E-state index in [1.807, 2.05) is 42.2 Å². The van der Waals surface area contributed by atoms with E-state index in [4.69, 9.17) is 0 Å². The molecule has 2 aliphatic heterocycles. The van der Waals surface area contributed by atoms with Gasteiger partial charge in [-0.15, -0.1) is 0 Å². The molecule has 2 aliphatic rings. The zero-order valence-corrected chi connectivity index (χ0v) is 18.0. The molecule has 0 spiro atoms. The van der Waals surface area contributed by atoms with E-state index in [-0.39, 0.29) is 29.0 Å². The molecule has 1 atom stereocenters. The molecule has 2 amide bonds. The van der Waals surface area contributed by atoms with E-state index in [1.54, 1.807) is 17.0 Å². The number of amides is 2. The molecule has 7 nitrogen and oxygen atoms in total. The van der Waals surface area contributed by atoms with E-state index >= 15 is 0 Å². The maximum Gasteiger partial charge on any atom is 0.261 e. The highest BCUT2D eigenvalue weighted by Crippen LogP contribution is 2.17.